The second kappa shape index (κ2) is 26.0. The lowest BCUT2D eigenvalue weighted by molar-refractivity contribution is 1.28. The molecule has 0 heterocycles. The maximum Gasteiger partial charge on any atom is 0.0462 e. The van der Waals surface area contributed by atoms with E-state index < -0.39 is 0 Å². The summed E-state index contributed by atoms with van der Waals surface area (Å²) in [5.41, 5.74) is 20.5. The largest absolute Gasteiger partial charge is 0.311 e. The maximum atomic E-state index is 2.30. The topological polar surface area (TPSA) is 6.48 Å². The molecule has 0 fully saturated rings. The minimum Gasteiger partial charge on any atom is -0.311 e. The third kappa shape index (κ3) is 13.3. The van der Waals surface area contributed by atoms with Gasteiger partial charge in [-0.25, -0.2) is 0 Å². The number of nitrogens with zero attached hydrogens (tertiary/aromatic N) is 2. The molecule has 11 aromatic rings. The number of rotatable bonds is 18. The van der Waals surface area contributed by atoms with Crippen LogP contribution < -0.4 is 9.80 Å². The van der Waals surface area contributed by atoms with Crippen LogP contribution in [0.1, 0.15) is 55.6 Å². The van der Waals surface area contributed by atoms with Crippen LogP contribution in [-0.2, 0) is 0 Å². The van der Waals surface area contributed by atoms with Gasteiger partial charge in [0.2, 0.25) is 0 Å². The first kappa shape index (κ1) is 51.6. The monoisotopic (exact) mass is 1020 g/mol. The van der Waals surface area contributed by atoms with E-state index >= 15 is 0 Å². The first-order chi connectivity index (χ1) is 39.7. The molecule has 0 aliphatic carbocycles. The lowest BCUT2D eigenvalue weighted by Gasteiger charge is -2.25. The Bertz CT molecular complexity index is 3560. The molecule has 80 heavy (non-hydrogen) atoms. The van der Waals surface area contributed by atoms with Crippen molar-refractivity contribution in [1.82, 2.24) is 0 Å². The average molecular weight is 1030 g/mol. The fourth-order valence-corrected chi connectivity index (χ4v) is 9.84. The zero-order chi connectivity index (χ0) is 54.0. The van der Waals surface area contributed by atoms with E-state index in [1.165, 1.54) is 33.4 Å². The molecule has 2 nitrogen and oxygen atoms in total. The standard InChI is InChI=1S/C78H60N2/c1-7-26-67(27-8-1)77(68-28-9-2-10-29-68)38-20-22-61-44-52-73(53-45-61)79(71-34-15-5-16-35-71)75-56-48-63(49-57-75)40-42-65-24-19-25-66(60-65)43-41-64-50-58-76(59-51-64)80(72-36-17-6-18-37-72)74-54-46-62(47-55-74)23-21-39-78(69-30-11-3-12-31-69)70-32-13-4-14-33-70/h1-60H. The van der Waals surface area contributed by atoms with Gasteiger partial charge in [0.25, 0.3) is 0 Å². The fourth-order valence-electron chi connectivity index (χ4n) is 9.84. The van der Waals surface area contributed by atoms with Gasteiger partial charge >= 0.3 is 0 Å². The molecule has 0 N–H and O–H groups in total. The number of anilines is 6. The summed E-state index contributed by atoms with van der Waals surface area (Å²) in [6.07, 6.45) is 21.8. The van der Waals surface area contributed by atoms with Crippen molar-refractivity contribution in [2.75, 3.05) is 9.80 Å². The van der Waals surface area contributed by atoms with Gasteiger partial charge in [-0.05, 0) is 146 Å². The molecule has 11 rings (SSSR count). The summed E-state index contributed by atoms with van der Waals surface area (Å²) in [5, 5.41) is 0. The van der Waals surface area contributed by atoms with Crippen molar-refractivity contribution in [3.8, 4) is 0 Å². The number of hydrogen-bond donors (Lipinski definition) is 0. The molecule has 0 bridgehead atoms. The third-order valence-electron chi connectivity index (χ3n) is 13.9. The van der Waals surface area contributed by atoms with E-state index in [4.69, 9.17) is 0 Å². The molecule has 11 aromatic carbocycles. The number of para-hydroxylation sites is 2. The number of benzene rings is 11. The van der Waals surface area contributed by atoms with Gasteiger partial charge < -0.3 is 9.80 Å². The van der Waals surface area contributed by atoms with Gasteiger partial charge in [0.15, 0.2) is 0 Å². The molecule has 0 aliphatic heterocycles. The highest BCUT2D eigenvalue weighted by Crippen LogP contribution is 2.37. The molecular weight excluding hydrogens is 965 g/mol. The van der Waals surface area contributed by atoms with Crippen LogP contribution in [0.15, 0.2) is 328 Å². The zero-order valence-corrected chi connectivity index (χ0v) is 44.5. The lowest BCUT2D eigenvalue weighted by Crippen LogP contribution is -2.09. The van der Waals surface area contributed by atoms with Crippen molar-refractivity contribution in [2.24, 2.45) is 0 Å². The molecule has 0 saturated heterocycles. The second-order valence-corrected chi connectivity index (χ2v) is 19.4. The zero-order valence-electron chi connectivity index (χ0n) is 44.5. The average Bonchev–Trinajstić information content (AvgIpc) is 3.54. The summed E-state index contributed by atoms with van der Waals surface area (Å²) in [6, 6.07) is 107. The third-order valence-corrected chi connectivity index (χ3v) is 13.9. The summed E-state index contributed by atoms with van der Waals surface area (Å²) in [7, 11) is 0. The van der Waals surface area contributed by atoms with Crippen molar-refractivity contribution in [3.05, 3.63) is 383 Å². The molecule has 2 heteroatoms. The SMILES string of the molecule is C(=Cc1ccc(N(c2ccccc2)c2ccc(C=Cc3cccc(C=Cc4ccc(N(c5ccccc5)c5ccc(C=CC=C(c6ccccc6)c6ccccc6)cc5)cc4)c3)cc2)cc1)C=C(c1ccccc1)c1ccccc1. The van der Waals surface area contributed by atoms with Crippen molar-refractivity contribution in [1.29, 1.82) is 0 Å². The summed E-state index contributed by atoms with van der Waals surface area (Å²) in [5.74, 6) is 0. The van der Waals surface area contributed by atoms with Crippen LogP contribution in [-0.4, -0.2) is 0 Å². The lowest BCUT2D eigenvalue weighted by atomic mass is 9.97. The van der Waals surface area contributed by atoms with Crippen LogP contribution in [0.5, 0.6) is 0 Å². The predicted octanol–water partition coefficient (Wildman–Crippen LogP) is 21.3. The Kier molecular flexibility index (Phi) is 16.8. The van der Waals surface area contributed by atoms with Crippen molar-refractivity contribution in [2.45, 2.75) is 0 Å². The van der Waals surface area contributed by atoms with E-state index in [-0.39, 0.29) is 0 Å². The fraction of sp³-hybridized carbons (Fsp3) is 0. The minimum absolute atomic E-state index is 1.09. The summed E-state index contributed by atoms with van der Waals surface area (Å²) >= 11 is 0. The van der Waals surface area contributed by atoms with Crippen LogP contribution in [0, 0.1) is 0 Å². The Balaban J connectivity index is 0.749. The Morgan fingerprint density at radius 3 is 0.725 bits per heavy atom. The van der Waals surface area contributed by atoms with Gasteiger partial charge in [0.1, 0.15) is 0 Å². The maximum absolute atomic E-state index is 2.30. The van der Waals surface area contributed by atoms with Gasteiger partial charge in [-0.2, -0.15) is 0 Å². The first-order valence-electron chi connectivity index (χ1n) is 27.2. The summed E-state index contributed by atoms with van der Waals surface area (Å²) in [6.45, 7) is 0. The number of hydrogen-bond acceptors (Lipinski definition) is 2. The van der Waals surface area contributed by atoms with E-state index in [0.29, 0.717) is 0 Å². The Hall–Kier alpha value is -10.5. The van der Waals surface area contributed by atoms with E-state index in [1.807, 2.05) is 0 Å². The summed E-state index contributed by atoms with van der Waals surface area (Å²) < 4.78 is 0. The highest BCUT2D eigenvalue weighted by molar-refractivity contribution is 5.85. The van der Waals surface area contributed by atoms with Crippen LogP contribution in [0.4, 0.5) is 34.1 Å². The molecule has 0 radical (unpaired) electrons. The quantitative estimate of drug-likeness (QED) is 0.0624. The van der Waals surface area contributed by atoms with Crippen molar-refractivity contribution >= 4 is 81.7 Å². The Labute approximate surface area is 472 Å². The van der Waals surface area contributed by atoms with Gasteiger partial charge in [0, 0.05) is 34.1 Å². The normalized spacial score (nSPS) is 11.3. The second-order valence-electron chi connectivity index (χ2n) is 19.4. The molecular formula is C78H60N2. The molecule has 0 saturated carbocycles. The van der Waals surface area contributed by atoms with Gasteiger partial charge in [-0.15, -0.1) is 0 Å². The molecule has 0 atom stereocenters. The smallest absolute Gasteiger partial charge is 0.0462 e. The highest BCUT2D eigenvalue weighted by Gasteiger charge is 2.14. The van der Waals surface area contributed by atoms with Gasteiger partial charge in [-0.3, -0.25) is 0 Å². The van der Waals surface area contributed by atoms with Crippen LogP contribution in [0.3, 0.4) is 0 Å². The van der Waals surface area contributed by atoms with E-state index in [2.05, 4.69) is 374 Å². The molecule has 0 aliphatic rings. The number of allylic oxidation sites excluding steroid dienone is 4. The summed E-state index contributed by atoms with van der Waals surface area (Å²) in [4.78, 5) is 4.61. The van der Waals surface area contributed by atoms with Crippen LogP contribution in [0.2, 0.25) is 0 Å². The molecule has 382 valence electrons. The van der Waals surface area contributed by atoms with Crippen molar-refractivity contribution < 1.29 is 0 Å². The van der Waals surface area contributed by atoms with Gasteiger partial charge in [0.05, 0.1) is 0 Å². The molecule has 0 aromatic heterocycles. The van der Waals surface area contributed by atoms with E-state index in [0.717, 1.165) is 67.5 Å². The highest BCUT2D eigenvalue weighted by atomic mass is 15.1. The van der Waals surface area contributed by atoms with Crippen LogP contribution >= 0.6 is 0 Å². The van der Waals surface area contributed by atoms with Gasteiger partial charge in [-0.1, -0.05) is 285 Å². The Morgan fingerprint density at radius 2 is 0.438 bits per heavy atom. The van der Waals surface area contributed by atoms with Crippen molar-refractivity contribution in [3.63, 3.8) is 0 Å². The van der Waals surface area contributed by atoms with E-state index in [1.54, 1.807) is 0 Å². The minimum atomic E-state index is 1.09. The Morgan fingerprint density at radius 1 is 0.200 bits per heavy atom. The predicted molar refractivity (Wildman–Crippen MR) is 345 cm³/mol. The molecule has 0 amide bonds. The van der Waals surface area contributed by atoms with E-state index in [9.17, 15) is 0 Å². The molecule has 0 spiro atoms. The molecule has 0 unspecified atom stereocenters. The first-order valence-corrected chi connectivity index (χ1v) is 27.2. The van der Waals surface area contributed by atoms with Crippen LogP contribution in [0.25, 0.3) is 47.6 Å².